The van der Waals surface area contributed by atoms with Crippen LogP contribution < -0.4 is 0 Å². The van der Waals surface area contributed by atoms with Gasteiger partial charge in [0, 0.05) is 19.3 Å². The van der Waals surface area contributed by atoms with E-state index in [-0.39, 0.29) is 37.5 Å². The molecule has 0 N–H and O–H groups in total. The molecule has 70 heavy (non-hydrogen) atoms. The molecule has 402 valence electrons. The van der Waals surface area contributed by atoms with Gasteiger partial charge in [-0.2, -0.15) is 0 Å². The van der Waals surface area contributed by atoms with Crippen LogP contribution in [0.25, 0.3) is 0 Å². The number of rotatable bonds is 53. The summed E-state index contributed by atoms with van der Waals surface area (Å²) in [4.78, 5) is 38.1. The minimum absolute atomic E-state index is 0.101. The third-order valence-corrected chi connectivity index (χ3v) is 12.6. The molecule has 0 aromatic heterocycles. The molecule has 0 saturated carbocycles. The van der Waals surface area contributed by atoms with Gasteiger partial charge in [-0.25, -0.2) is 0 Å². The first-order valence-electron chi connectivity index (χ1n) is 29.6. The molecule has 0 radical (unpaired) electrons. The molecule has 0 saturated heterocycles. The molecule has 1 atom stereocenters. The third-order valence-electron chi connectivity index (χ3n) is 12.6. The summed E-state index contributed by atoms with van der Waals surface area (Å²) in [5, 5.41) is 0. The highest BCUT2D eigenvalue weighted by Gasteiger charge is 2.19. The monoisotopic (exact) mass is 975 g/mol. The van der Waals surface area contributed by atoms with E-state index in [1.165, 1.54) is 148 Å². The van der Waals surface area contributed by atoms with Gasteiger partial charge in [0.2, 0.25) is 0 Å². The molecule has 0 rings (SSSR count). The van der Waals surface area contributed by atoms with Crippen LogP contribution in [0.4, 0.5) is 0 Å². The lowest BCUT2D eigenvalue weighted by molar-refractivity contribution is -0.167. The Morgan fingerprint density at radius 1 is 0.300 bits per heavy atom. The molecule has 0 heterocycles. The standard InChI is InChI=1S/C64H110O6/c1-4-7-10-13-16-19-22-25-27-29-30-31-32-33-34-36-37-39-42-45-48-51-54-57-63(66)69-60-61(59-68-62(65)56-53-50-47-44-41-24-21-18-15-12-9-6-3)70-64(67)58-55-52-49-46-43-40-38-35-28-26-23-20-17-14-11-8-5-2/h8,11,17-18,20-21,26,28-30,38,40,46,49,61H,4-7,9-10,12-16,19,22-25,27,31-37,39,41-45,47-48,50-60H2,1-3H3/b11-8-,20-17-,21-18-,28-26-,30-29-,40-38-,49-46-. The molecular formula is C64H110O6. The first kappa shape index (κ1) is 66.6. The summed E-state index contributed by atoms with van der Waals surface area (Å²) in [5.41, 5.74) is 0. The van der Waals surface area contributed by atoms with Crippen molar-refractivity contribution in [2.24, 2.45) is 0 Å². The van der Waals surface area contributed by atoms with Crippen LogP contribution in [0, 0.1) is 0 Å². The SMILES string of the molecule is CC/C=C\C/C=C\C/C=C\C/C=C\C/C=C\CCCC(=O)OC(COC(=O)CCCCCCC/C=C\CCCCC)COC(=O)CCCCCCCCCCCCC/C=C\CCCCCCCCCC. The van der Waals surface area contributed by atoms with Gasteiger partial charge in [-0.1, -0.05) is 241 Å². The maximum atomic E-state index is 12.8. The molecule has 0 aliphatic carbocycles. The van der Waals surface area contributed by atoms with Crippen LogP contribution in [0.1, 0.15) is 284 Å². The molecule has 0 fully saturated rings. The normalized spacial score (nSPS) is 12.7. The van der Waals surface area contributed by atoms with Crippen molar-refractivity contribution in [3.05, 3.63) is 85.1 Å². The van der Waals surface area contributed by atoms with Gasteiger partial charge in [0.15, 0.2) is 6.10 Å². The number of carbonyl (C=O) groups excluding carboxylic acids is 3. The molecule has 0 aromatic carbocycles. The van der Waals surface area contributed by atoms with Crippen molar-refractivity contribution in [3.8, 4) is 0 Å². The van der Waals surface area contributed by atoms with Crippen molar-refractivity contribution < 1.29 is 28.6 Å². The summed E-state index contributed by atoms with van der Waals surface area (Å²) < 4.78 is 16.8. The number of carbonyl (C=O) groups is 3. The molecular weight excluding hydrogens is 865 g/mol. The zero-order valence-corrected chi connectivity index (χ0v) is 46.0. The van der Waals surface area contributed by atoms with Gasteiger partial charge in [-0.05, 0) is 109 Å². The lowest BCUT2D eigenvalue weighted by Crippen LogP contribution is -2.30. The maximum Gasteiger partial charge on any atom is 0.306 e. The predicted molar refractivity (Wildman–Crippen MR) is 302 cm³/mol. The number of allylic oxidation sites excluding steroid dienone is 14. The topological polar surface area (TPSA) is 78.9 Å². The summed E-state index contributed by atoms with van der Waals surface area (Å²) in [6, 6.07) is 0. The van der Waals surface area contributed by atoms with Crippen molar-refractivity contribution in [2.75, 3.05) is 13.2 Å². The van der Waals surface area contributed by atoms with Crippen LogP contribution in [0.5, 0.6) is 0 Å². The van der Waals surface area contributed by atoms with Crippen molar-refractivity contribution in [1.29, 1.82) is 0 Å². The van der Waals surface area contributed by atoms with Crippen molar-refractivity contribution in [1.82, 2.24) is 0 Å². The summed E-state index contributed by atoms with van der Waals surface area (Å²) >= 11 is 0. The van der Waals surface area contributed by atoms with Crippen LogP contribution in [-0.2, 0) is 28.6 Å². The Morgan fingerprint density at radius 3 is 0.957 bits per heavy atom. The van der Waals surface area contributed by atoms with Crippen molar-refractivity contribution in [3.63, 3.8) is 0 Å². The molecule has 0 aromatic rings. The Balaban J connectivity index is 4.37. The summed E-state index contributed by atoms with van der Waals surface area (Å²) in [5.74, 6) is -0.965. The highest BCUT2D eigenvalue weighted by molar-refractivity contribution is 5.71. The van der Waals surface area contributed by atoms with Gasteiger partial charge >= 0.3 is 17.9 Å². The van der Waals surface area contributed by atoms with Gasteiger partial charge in [-0.3, -0.25) is 14.4 Å². The number of hydrogen-bond donors (Lipinski definition) is 0. The average Bonchev–Trinajstić information content (AvgIpc) is 3.36. The first-order chi connectivity index (χ1) is 34.5. The summed E-state index contributed by atoms with van der Waals surface area (Å²) in [7, 11) is 0. The van der Waals surface area contributed by atoms with Crippen LogP contribution in [0.15, 0.2) is 85.1 Å². The quantitative estimate of drug-likeness (QED) is 0.0261. The predicted octanol–water partition coefficient (Wildman–Crippen LogP) is 19.9. The van der Waals surface area contributed by atoms with E-state index in [2.05, 4.69) is 106 Å². The van der Waals surface area contributed by atoms with Crippen LogP contribution in [0.3, 0.4) is 0 Å². The van der Waals surface area contributed by atoms with Crippen LogP contribution in [-0.4, -0.2) is 37.2 Å². The van der Waals surface area contributed by atoms with Gasteiger partial charge in [0.05, 0.1) is 0 Å². The van der Waals surface area contributed by atoms with Gasteiger partial charge in [0.1, 0.15) is 13.2 Å². The number of unbranched alkanes of at least 4 members (excludes halogenated alkanes) is 28. The molecule has 0 aliphatic heterocycles. The Kier molecular flexibility index (Phi) is 55.3. The Labute approximate surface area is 433 Å². The Bertz CT molecular complexity index is 1350. The number of hydrogen-bond acceptors (Lipinski definition) is 6. The molecule has 0 amide bonds. The number of ether oxygens (including phenoxy) is 3. The second-order valence-electron chi connectivity index (χ2n) is 19.5. The molecule has 6 heteroatoms. The lowest BCUT2D eigenvalue weighted by atomic mass is 10.0. The highest BCUT2D eigenvalue weighted by Crippen LogP contribution is 2.15. The minimum atomic E-state index is -0.810. The summed E-state index contributed by atoms with van der Waals surface area (Å²) in [6.07, 6.45) is 75.9. The van der Waals surface area contributed by atoms with Gasteiger partial charge in [0.25, 0.3) is 0 Å². The average molecular weight is 976 g/mol. The number of esters is 3. The molecule has 0 bridgehead atoms. The maximum absolute atomic E-state index is 12.8. The van der Waals surface area contributed by atoms with E-state index in [0.717, 1.165) is 89.9 Å². The third kappa shape index (κ3) is 55.5. The van der Waals surface area contributed by atoms with Crippen molar-refractivity contribution >= 4 is 17.9 Å². The van der Waals surface area contributed by atoms with Gasteiger partial charge in [-0.15, -0.1) is 0 Å². The highest BCUT2D eigenvalue weighted by atomic mass is 16.6. The Morgan fingerprint density at radius 2 is 0.571 bits per heavy atom. The molecule has 0 aliphatic rings. The van der Waals surface area contributed by atoms with Crippen molar-refractivity contribution in [2.45, 2.75) is 290 Å². The largest absolute Gasteiger partial charge is 0.462 e. The molecule has 1 unspecified atom stereocenters. The van der Waals surface area contributed by atoms with E-state index in [1.54, 1.807) is 0 Å². The lowest BCUT2D eigenvalue weighted by Gasteiger charge is -2.18. The smallest absolute Gasteiger partial charge is 0.306 e. The van der Waals surface area contributed by atoms with E-state index < -0.39 is 6.10 Å². The zero-order valence-electron chi connectivity index (χ0n) is 46.0. The molecule has 0 spiro atoms. The van der Waals surface area contributed by atoms with Crippen LogP contribution in [0.2, 0.25) is 0 Å². The summed E-state index contributed by atoms with van der Waals surface area (Å²) in [6.45, 7) is 6.46. The fraction of sp³-hybridized carbons (Fsp3) is 0.734. The van der Waals surface area contributed by atoms with Crippen LogP contribution >= 0.6 is 0 Å². The Hall–Kier alpha value is -3.41. The van der Waals surface area contributed by atoms with E-state index in [9.17, 15) is 14.4 Å². The second kappa shape index (κ2) is 58.2. The van der Waals surface area contributed by atoms with E-state index in [1.807, 2.05) is 0 Å². The van der Waals surface area contributed by atoms with E-state index in [4.69, 9.17) is 14.2 Å². The zero-order chi connectivity index (χ0) is 50.7. The molecule has 6 nitrogen and oxygen atoms in total. The van der Waals surface area contributed by atoms with E-state index in [0.29, 0.717) is 19.3 Å². The fourth-order valence-corrected chi connectivity index (χ4v) is 8.17. The second-order valence-corrected chi connectivity index (χ2v) is 19.5. The van der Waals surface area contributed by atoms with E-state index >= 15 is 0 Å². The fourth-order valence-electron chi connectivity index (χ4n) is 8.17. The minimum Gasteiger partial charge on any atom is -0.462 e. The first-order valence-corrected chi connectivity index (χ1v) is 29.6. The van der Waals surface area contributed by atoms with Gasteiger partial charge < -0.3 is 14.2 Å².